The molecule has 0 aromatic rings. The summed E-state index contributed by atoms with van der Waals surface area (Å²) in [6.45, 7) is 16.7. The van der Waals surface area contributed by atoms with Crippen LogP contribution in [0.1, 0.15) is 106 Å². The molecule has 33 heavy (non-hydrogen) atoms. The molecule has 3 nitrogen and oxygen atoms in total. The van der Waals surface area contributed by atoms with Crippen molar-refractivity contribution in [1.82, 2.24) is 0 Å². The summed E-state index contributed by atoms with van der Waals surface area (Å²) in [5, 5.41) is 21.6. The topological polar surface area (TPSA) is 57.5 Å². The molecule has 3 heteroatoms. The Balaban J connectivity index is 1.59. The van der Waals surface area contributed by atoms with Gasteiger partial charge in [-0.2, -0.15) is 0 Å². The second-order valence-electron chi connectivity index (χ2n) is 14.9. The Morgan fingerprint density at radius 2 is 1.61 bits per heavy atom. The van der Waals surface area contributed by atoms with Gasteiger partial charge in [-0.1, -0.05) is 60.1 Å². The van der Waals surface area contributed by atoms with Crippen molar-refractivity contribution in [2.45, 2.75) is 112 Å². The zero-order chi connectivity index (χ0) is 24.2. The van der Waals surface area contributed by atoms with Gasteiger partial charge >= 0.3 is 0 Å². The van der Waals surface area contributed by atoms with Crippen LogP contribution in [0.2, 0.25) is 0 Å². The van der Waals surface area contributed by atoms with E-state index < -0.39 is 5.41 Å². The molecule has 9 atom stereocenters. The summed E-state index contributed by atoms with van der Waals surface area (Å²) in [6.07, 6.45) is 11.6. The number of carbonyl (C=O) groups is 1. The van der Waals surface area contributed by atoms with Crippen LogP contribution in [0.15, 0.2) is 11.6 Å². The van der Waals surface area contributed by atoms with Crippen molar-refractivity contribution in [3.05, 3.63) is 11.6 Å². The first-order chi connectivity index (χ1) is 15.2. The number of ketones is 1. The predicted octanol–water partition coefficient (Wildman–Crippen LogP) is 6.32. The SMILES string of the molecule is CC1(C)C[C@@H](O)[C@]2(C)CC[C@]3(C)C(=CC[C@@H]4[C@@]5(C)CCC(=O)[C@](C)(CO)[C@@H]5CC[C@]43C)[C@@H]2C1. The van der Waals surface area contributed by atoms with Gasteiger partial charge in [0.2, 0.25) is 0 Å². The van der Waals surface area contributed by atoms with Crippen LogP contribution < -0.4 is 0 Å². The molecule has 186 valence electrons. The highest BCUT2D eigenvalue weighted by molar-refractivity contribution is 5.86. The van der Waals surface area contributed by atoms with Gasteiger partial charge in [-0.05, 0) is 90.8 Å². The maximum Gasteiger partial charge on any atom is 0.141 e. The highest BCUT2D eigenvalue weighted by Crippen LogP contribution is 2.75. The number of aliphatic hydroxyl groups is 2. The van der Waals surface area contributed by atoms with Crippen LogP contribution in [0.4, 0.5) is 0 Å². The molecule has 5 rings (SSSR count). The fourth-order valence-corrected chi connectivity index (χ4v) is 10.5. The number of Topliss-reactive ketones (excluding diaryl/α,β-unsaturated/α-hetero) is 1. The lowest BCUT2D eigenvalue weighted by atomic mass is 9.33. The third kappa shape index (κ3) is 2.85. The van der Waals surface area contributed by atoms with Crippen molar-refractivity contribution < 1.29 is 15.0 Å². The normalized spacial score (nSPS) is 55.5. The lowest BCUT2D eigenvalue weighted by molar-refractivity contribution is -0.196. The molecular formula is C30H48O3. The first-order valence-corrected chi connectivity index (χ1v) is 13.7. The van der Waals surface area contributed by atoms with E-state index in [2.05, 4.69) is 47.6 Å². The van der Waals surface area contributed by atoms with Gasteiger partial charge in [0.05, 0.1) is 18.1 Å². The number of allylic oxidation sites excluding steroid dienone is 2. The first kappa shape index (κ1) is 24.0. The maximum atomic E-state index is 13.0. The Hall–Kier alpha value is -0.670. The average Bonchev–Trinajstić information content (AvgIpc) is 2.73. The third-order valence-electron chi connectivity index (χ3n) is 13.0. The van der Waals surface area contributed by atoms with Crippen LogP contribution in [0.25, 0.3) is 0 Å². The largest absolute Gasteiger partial charge is 0.395 e. The zero-order valence-electron chi connectivity index (χ0n) is 22.3. The van der Waals surface area contributed by atoms with Gasteiger partial charge in [-0.25, -0.2) is 0 Å². The number of rotatable bonds is 1. The van der Waals surface area contributed by atoms with Gasteiger partial charge in [0, 0.05) is 11.8 Å². The Kier molecular flexibility index (Phi) is 5.07. The molecule has 0 aromatic heterocycles. The Bertz CT molecular complexity index is 889. The van der Waals surface area contributed by atoms with E-state index in [1.54, 1.807) is 5.57 Å². The third-order valence-corrected chi connectivity index (χ3v) is 13.0. The number of fused-ring (bicyclic) bond motifs is 7. The molecule has 0 amide bonds. The molecule has 0 saturated heterocycles. The van der Waals surface area contributed by atoms with Crippen LogP contribution in [-0.2, 0) is 4.79 Å². The van der Waals surface area contributed by atoms with E-state index in [1.807, 2.05) is 6.92 Å². The monoisotopic (exact) mass is 456 g/mol. The quantitative estimate of drug-likeness (QED) is 0.454. The Morgan fingerprint density at radius 3 is 2.27 bits per heavy atom. The molecule has 2 N–H and O–H groups in total. The molecule has 4 fully saturated rings. The minimum absolute atomic E-state index is 0.00210. The van der Waals surface area contributed by atoms with Crippen LogP contribution >= 0.6 is 0 Å². The van der Waals surface area contributed by atoms with Gasteiger partial charge in [0.15, 0.2) is 0 Å². The van der Waals surface area contributed by atoms with E-state index in [1.165, 1.54) is 6.42 Å². The van der Waals surface area contributed by atoms with E-state index in [0.717, 1.165) is 44.9 Å². The molecule has 0 unspecified atom stereocenters. The van der Waals surface area contributed by atoms with E-state index in [0.29, 0.717) is 18.3 Å². The molecule has 0 radical (unpaired) electrons. The number of hydrogen-bond acceptors (Lipinski definition) is 3. The van der Waals surface area contributed by atoms with E-state index in [9.17, 15) is 15.0 Å². The lowest BCUT2D eigenvalue weighted by Gasteiger charge is -2.71. The zero-order valence-corrected chi connectivity index (χ0v) is 22.3. The molecule has 0 heterocycles. The van der Waals surface area contributed by atoms with Crippen LogP contribution in [-0.4, -0.2) is 28.7 Å². The number of carbonyl (C=O) groups excluding carboxylic acids is 1. The summed E-state index contributed by atoms with van der Waals surface area (Å²) in [5.74, 6) is 1.56. The molecule has 4 saturated carbocycles. The molecular weight excluding hydrogens is 408 g/mol. The van der Waals surface area contributed by atoms with Crippen molar-refractivity contribution in [1.29, 1.82) is 0 Å². The second-order valence-corrected chi connectivity index (χ2v) is 14.9. The highest BCUT2D eigenvalue weighted by Gasteiger charge is 2.69. The Morgan fingerprint density at radius 1 is 0.909 bits per heavy atom. The van der Waals surface area contributed by atoms with Crippen molar-refractivity contribution in [3.8, 4) is 0 Å². The minimum atomic E-state index is -0.581. The molecule has 0 aliphatic heterocycles. The van der Waals surface area contributed by atoms with E-state index in [-0.39, 0.29) is 51.5 Å². The minimum Gasteiger partial charge on any atom is -0.395 e. The van der Waals surface area contributed by atoms with E-state index >= 15 is 0 Å². The summed E-state index contributed by atoms with van der Waals surface area (Å²) in [6, 6.07) is 0. The lowest BCUT2D eigenvalue weighted by Crippen LogP contribution is -2.65. The average molecular weight is 457 g/mol. The van der Waals surface area contributed by atoms with Crippen molar-refractivity contribution in [2.75, 3.05) is 6.61 Å². The van der Waals surface area contributed by atoms with Gasteiger partial charge in [0.25, 0.3) is 0 Å². The molecule has 0 aromatic carbocycles. The molecule has 5 aliphatic rings. The van der Waals surface area contributed by atoms with Crippen LogP contribution in [0.3, 0.4) is 0 Å². The number of aliphatic hydroxyl groups excluding tert-OH is 2. The van der Waals surface area contributed by atoms with Crippen molar-refractivity contribution in [3.63, 3.8) is 0 Å². The molecule has 5 aliphatic carbocycles. The predicted molar refractivity (Wildman–Crippen MR) is 133 cm³/mol. The summed E-state index contributed by atoms with van der Waals surface area (Å²) in [7, 11) is 0. The van der Waals surface area contributed by atoms with Crippen LogP contribution in [0.5, 0.6) is 0 Å². The van der Waals surface area contributed by atoms with Crippen molar-refractivity contribution in [2.24, 2.45) is 50.2 Å². The standard InChI is InChI=1S/C30H48O3/c1-25(2)16-20-19-8-9-22-27(4)12-11-23(32)28(5,18-31)21(27)10-13-30(22,7)29(19,6)15-14-26(20,3)24(33)17-25/h8,20-22,24,31,33H,9-18H2,1-7H3/t20-,21+,22+,24+,26+,27-,28+,29+,30+/m0/s1. The molecule has 0 spiro atoms. The highest BCUT2D eigenvalue weighted by atomic mass is 16.3. The van der Waals surface area contributed by atoms with Gasteiger partial charge < -0.3 is 10.2 Å². The van der Waals surface area contributed by atoms with Gasteiger partial charge in [0.1, 0.15) is 5.78 Å². The molecule has 0 bridgehead atoms. The Labute approximate surface area is 201 Å². The summed E-state index contributed by atoms with van der Waals surface area (Å²) >= 11 is 0. The van der Waals surface area contributed by atoms with E-state index in [4.69, 9.17) is 0 Å². The summed E-state index contributed by atoms with van der Waals surface area (Å²) in [4.78, 5) is 13.0. The van der Waals surface area contributed by atoms with Crippen molar-refractivity contribution >= 4 is 5.78 Å². The van der Waals surface area contributed by atoms with Crippen LogP contribution in [0, 0.1) is 50.2 Å². The van der Waals surface area contributed by atoms with Gasteiger partial charge in [-0.3, -0.25) is 4.79 Å². The first-order valence-electron chi connectivity index (χ1n) is 13.7. The fourth-order valence-electron chi connectivity index (χ4n) is 10.5. The number of hydrogen-bond donors (Lipinski definition) is 2. The summed E-state index contributed by atoms with van der Waals surface area (Å²) < 4.78 is 0. The summed E-state index contributed by atoms with van der Waals surface area (Å²) in [5.41, 5.74) is 1.69. The maximum absolute atomic E-state index is 13.0. The smallest absolute Gasteiger partial charge is 0.141 e. The second kappa shape index (κ2) is 6.96. The van der Waals surface area contributed by atoms with Gasteiger partial charge in [-0.15, -0.1) is 0 Å². The fraction of sp³-hybridized carbons (Fsp3) is 0.900.